The summed E-state index contributed by atoms with van der Waals surface area (Å²) in [6, 6.07) is 0. The van der Waals surface area contributed by atoms with Crippen molar-refractivity contribution in [3.63, 3.8) is 0 Å². The summed E-state index contributed by atoms with van der Waals surface area (Å²) < 4.78 is 11.0. The highest BCUT2D eigenvalue weighted by Crippen LogP contribution is 2.22. The largest absolute Gasteiger partial charge is 0.376 e. The van der Waals surface area contributed by atoms with Gasteiger partial charge in [-0.2, -0.15) is 0 Å². The average molecular weight is 299 g/mol. The summed E-state index contributed by atoms with van der Waals surface area (Å²) in [7, 11) is 0. The van der Waals surface area contributed by atoms with Crippen molar-refractivity contribution in [2.75, 3.05) is 18.5 Å². The highest BCUT2D eigenvalue weighted by atomic mass is 32.1. The van der Waals surface area contributed by atoms with E-state index in [1.165, 1.54) is 11.3 Å². The molecule has 6 nitrogen and oxygen atoms in total. The Labute approximate surface area is 122 Å². The van der Waals surface area contributed by atoms with Crippen LogP contribution in [0, 0.1) is 0 Å². The van der Waals surface area contributed by atoms with Crippen LogP contribution in [0.3, 0.4) is 0 Å². The number of carbonyl (C=O) groups excluding carboxylic acids is 1. The standard InChI is InChI=1S/C13H21N3O3S/c1-8(2)12-15-16-13(20-12)14-11(17)9(3)19-7-10-5-4-6-18-10/h8-10H,4-7H2,1-3H3,(H,14,16,17). The van der Waals surface area contributed by atoms with E-state index in [0.717, 1.165) is 24.5 Å². The maximum atomic E-state index is 12.0. The SMILES string of the molecule is CC(OCC1CCCO1)C(=O)Nc1nnc(C(C)C)s1. The summed E-state index contributed by atoms with van der Waals surface area (Å²) in [5.74, 6) is 0.112. The molecule has 0 bridgehead atoms. The van der Waals surface area contributed by atoms with Crippen LogP contribution in [0.1, 0.15) is 44.5 Å². The van der Waals surface area contributed by atoms with E-state index in [2.05, 4.69) is 15.5 Å². The fraction of sp³-hybridized carbons (Fsp3) is 0.769. The molecule has 0 spiro atoms. The number of hydrogen-bond acceptors (Lipinski definition) is 6. The third-order valence-corrected chi connectivity index (χ3v) is 4.23. The predicted octanol–water partition coefficient (Wildman–Crippen LogP) is 2.18. The number of hydrogen-bond donors (Lipinski definition) is 1. The van der Waals surface area contributed by atoms with Crippen molar-refractivity contribution in [3.8, 4) is 0 Å². The minimum absolute atomic E-state index is 0.124. The summed E-state index contributed by atoms with van der Waals surface area (Å²) in [6.45, 7) is 7.06. The van der Waals surface area contributed by atoms with E-state index in [1.807, 2.05) is 13.8 Å². The number of rotatable bonds is 6. The van der Waals surface area contributed by atoms with E-state index in [1.54, 1.807) is 6.92 Å². The van der Waals surface area contributed by atoms with Gasteiger partial charge in [-0.3, -0.25) is 10.1 Å². The van der Waals surface area contributed by atoms with E-state index < -0.39 is 6.10 Å². The Hall–Kier alpha value is -1.05. The molecule has 1 aliphatic heterocycles. The number of ether oxygens (including phenoxy) is 2. The first-order valence-electron chi connectivity index (χ1n) is 6.93. The lowest BCUT2D eigenvalue weighted by Crippen LogP contribution is -2.30. The van der Waals surface area contributed by atoms with Crippen molar-refractivity contribution in [3.05, 3.63) is 5.01 Å². The Balaban J connectivity index is 1.77. The molecule has 112 valence electrons. The Morgan fingerprint density at radius 3 is 2.90 bits per heavy atom. The molecule has 7 heteroatoms. The first-order valence-corrected chi connectivity index (χ1v) is 7.75. The van der Waals surface area contributed by atoms with Crippen LogP contribution in [0.15, 0.2) is 0 Å². The molecule has 1 saturated heterocycles. The van der Waals surface area contributed by atoms with Crippen LogP contribution in [0.2, 0.25) is 0 Å². The molecule has 0 aromatic carbocycles. The highest BCUT2D eigenvalue weighted by Gasteiger charge is 2.20. The van der Waals surface area contributed by atoms with Gasteiger partial charge in [0.15, 0.2) is 0 Å². The van der Waals surface area contributed by atoms with E-state index in [0.29, 0.717) is 17.7 Å². The number of anilines is 1. The molecule has 20 heavy (non-hydrogen) atoms. The Morgan fingerprint density at radius 2 is 2.30 bits per heavy atom. The number of aromatic nitrogens is 2. The second-order valence-corrected chi connectivity index (χ2v) is 6.21. The molecular formula is C13H21N3O3S. The first-order chi connectivity index (χ1) is 9.56. The van der Waals surface area contributed by atoms with Gasteiger partial charge in [0.25, 0.3) is 5.91 Å². The number of carbonyl (C=O) groups is 1. The molecule has 0 radical (unpaired) electrons. The van der Waals surface area contributed by atoms with Gasteiger partial charge in [0, 0.05) is 12.5 Å². The molecule has 1 aromatic rings. The van der Waals surface area contributed by atoms with Gasteiger partial charge in [0.05, 0.1) is 12.7 Å². The Morgan fingerprint density at radius 1 is 1.50 bits per heavy atom. The second kappa shape index (κ2) is 7.10. The Kier molecular flexibility index (Phi) is 5.45. The summed E-state index contributed by atoms with van der Waals surface area (Å²) >= 11 is 1.40. The van der Waals surface area contributed by atoms with Gasteiger partial charge >= 0.3 is 0 Å². The van der Waals surface area contributed by atoms with Gasteiger partial charge in [-0.05, 0) is 19.8 Å². The molecular weight excluding hydrogens is 278 g/mol. The topological polar surface area (TPSA) is 73.3 Å². The van der Waals surface area contributed by atoms with Gasteiger partial charge in [0.2, 0.25) is 5.13 Å². The normalized spacial score (nSPS) is 20.3. The van der Waals surface area contributed by atoms with E-state index in [-0.39, 0.29) is 12.0 Å². The maximum absolute atomic E-state index is 12.0. The van der Waals surface area contributed by atoms with Gasteiger partial charge in [-0.1, -0.05) is 25.2 Å². The van der Waals surface area contributed by atoms with Crippen molar-refractivity contribution in [2.45, 2.75) is 51.7 Å². The fourth-order valence-corrected chi connectivity index (χ4v) is 2.58. The second-order valence-electron chi connectivity index (χ2n) is 5.20. The average Bonchev–Trinajstić information content (AvgIpc) is 3.06. The monoisotopic (exact) mass is 299 g/mol. The first kappa shape index (κ1) is 15.3. The quantitative estimate of drug-likeness (QED) is 0.871. The summed E-state index contributed by atoms with van der Waals surface area (Å²) in [5, 5.41) is 12.1. The van der Waals surface area contributed by atoms with Crippen molar-refractivity contribution in [1.29, 1.82) is 0 Å². The van der Waals surface area contributed by atoms with Crippen molar-refractivity contribution < 1.29 is 14.3 Å². The lowest BCUT2D eigenvalue weighted by Gasteiger charge is -2.15. The van der Waals surface area contributed by atoms with Crippen molar-refractivity contribution >= 4 is 22.4 Å². The summed E-state index contributed by atoms with van der Waals surface area (Å²) in [4.78, 5) is 12.0. The third kappa shape index (κ3) is 4.22. The number of nitrogens with one attached hydrogen (secondary N) is 1. The van der Waals surface area contributed by atoms with E-state index in [9.17, 15) is 4.79 Å². The van der Waals surface area contributed by atoms with E-state index >= 15 is 0 Å². The van der Waals surface area contributed by atoms with Crippen molar-refractivity contribution in [2.24, 2.45) is 0 Å². The third-order valence-electron chi connectivity index (χ3n) is 3.09. The van der Waals surface area contributed by atoms with Gasteiger partial charge < -0.3 is 9.47 Å². The van der Waals surface area contributed by atoms with Gasteiger partial charge in [0.1, 0.15) is 11.1 Å². The van der Waals surface area contributed by atoms with Gasteiger partial charge in [-0.15, -0.1) is 10.2 Å². The minimum Gasteiger partial charge on any atom is -0.376 e. The number of nitrogens with zero attached hydrogens (tertiary/aromatic N) is 2. The predicted molar refractivity (Wildman–Crippen MR) is 77.0 cm³/mol. The van der Waals surface area contributed by atoms with Crippen LogP contribution in [0.4, 0.5) is 5.13 Å². The fourth-order valence-electron chi connectivity index (χ4n) is 1.83. The molecule has 2 heterocycles. The van der Waals surface area contributed by atoms with Crippen LogP contribution in [-0.4, -0.2) is 41.5 Å². The van der Waals surface area contributed by atoms with Crippen LogP contribution >= 0.6 is 11.3 Å². The molecule has 1 fully saturated rings. The molecule has 1 aromatic heterocycles. The zero-order valence-electron chi connectivity index (χ0n) is 12.1. The highest BCUT2D eigenvalue weighted by molar-refractivity contribution is 7.15. The van der Waals surface area contributed by atoms with Crippen LogP contribution in [-0.2, 0) is 14.3 Å². The molecule has 1 amide bonds. The van der Waals surface area contributed by atoms with Crippen LogP contribution < -0.4 is 5.32 Å². The molecule has 0 aliphatic carbocycles. The maximum Gasteiger partial charge on any atom is 0.255 e. The van der Waals surface area contributed by atoms with Gasteiger partial charge in [-0.25, -0.2) is 0 Å². The molecule has 2 unspecified atom stereocenters. The number of amides is 1. The molecule has 1 aliphatic rings. The van der Waals surface area contributed by atoms with E-state index in [4.69, 9.17) is 9.47 Å². The Bertz CT molecular complexity index is 444. The lowest BCUT2D eigenvalue weighted by atomic mass is 10.2. The molecule has 2 atom stereocenters. The molecule has 0 saturated carbocycles. The minimum atomic E-state index is -0.523. The van der Waals surface area contributed by atoms with Crippen molar-refractivity contribution in [1.82, 2.24) is 10.2 Å². The zero-order chi connectivity index (χ0) is 14.5. The summed E-state index contributed by atoms with van der Waals surface area (Å²) in [6.07, 6.45) is 1.67. The zero-order valence-corrected chi connectivity index (χ0v) is 12.9. The smallest absolute Gasteiger partial charge is 0.255 e. The lowest BCUT2D eigenvalue weighted by molar-refractivity contribution is -0.128. The molecule has 1 N–H and O–H groups in total. The summed E-state index contributed by atoms with van der Waals surface area (Å²) in [5.41, 5.74) is 0. The van der Waals surface area contributed by atoms with Crippen LogP contribution in [0.5, 0.6) is 0 Å². The molecule has 2 rings (SSSR count). The van der Waals surface area contributed by atoms with Crippen LogP contribution in [0.25, 0.3) is 0 Å².